The van der Waals surface area contributed by atoms with E-state index in [1.54, 1.807) is 0 Å². The second-order valence-corrected chi connectivity index (χ2v) is 5.14. The van der Waals surface area contributed by atoms with E-state index in [-0.39, 0.29) is 12.5 Å². The van der Waals surface area contributed by atoms with Gasteiger partial charge in [0, 0.05) is 25.1 Å². The van der Waals surface area contributed by atoms with E-state index >= 15 is 0 Å². The number of rotatable bonds is 7. The second-order valence-electron chi connectivity index (χ2n) is 4.22. The van der Waals surface area contributed by atoms with Gasteiger partial charge in [0.05, 0.1) is 6.61 Å². The van der Waals surface area contributed by atoms with Crippen LogP contribution in [-0.4, -0.2) is 48.7 Å². The highest BCUT2D eigenvalue weighted by Crippen LogP contribution is 2.15. The predicted molar refractivity (Wildman–Crippen MR) is 83.0 cm³/mol. The molecule has 0 spiro atoms. The second kappa shape index (κ2) is 9.54. The summed E-state index contributed by atoms with van der Waals surface area (Å²) in [7, 11) is 0. The molecule has 110 valence electrons. The molecule has 0 saturated heterocycles. The maximum absolute atomic E-state index is 12.1. The Balaban J connectivity index is 2.52. The minimum absolute atomic E-state index is 0.0442. The Morgan fingerprint density at radius 2 is 2.20 bits per heavy atom. The standard InChI is InChI=1S/C15H22N2O2S/c1-3-17(4-2)10-9-16-15(19)14-13(8-12-20-14)7-5-6-11-18/h8,12,18H,3-4,6,9-11H2,1-2H3,(H,16,19). The van der Waals surface area contributed by atoms with Crippen LogP contribution in [-0.2, 0) is 0 Å². The van der Waals surface area contributed by atoms with Crippen LogP contribution in [0.15, 0.2) is 11.4 Å². The van der Waals surface area contributed by atoms with Crippen LogP contribution in [0.3, 0.4) is 0 Å². The van der Waals surface area contributed by atoms with E-state index in [2.05, 4.69) is 35.9 Å². The van der Waals surface area contributed by atoms with Crippen molar-refractivity contribution in [3.05, 3.63) is 21.9 Å². The van der Waals surface area contributed by atoms with Crippen molar-refractivity contribution in [1.82, 2.24) is 10.2 Å². The predicted octanol–water partition coefficient (Wildman–Crippen LogP) is 1.55. The van der Waals surface area contributed by atoms with Crippen molar-refractivity contribution in [3.8, 4) is 11.8 Å². The summed E-state index contributed by atoms with van der Waals surface area (Å²) in [6.45, 7) is 7.74. The average Bonchev–Trinajstić information content (AvgIpc) is 2.92. The first-order chi connectivity index (χ1) is 9.72. The smallest absolute Gasteiger partial charge is 0.262 e. The molecule has 0 aromatic carbocycles. The number of nitrogens with zero attached hydrogens (tertiary/aromatic N) is 1. The summed E-state index contributed by atoms with van der Waals surface area (Å²) in [5.74, 6) is 5.70. The SMILES string of the molecule is CCN(CC)CCNC(=O)c1sccc1C#CCCO. The lowest BCUT2D eigenvalue weighted by Gasteiger charge is -2.17. The zero-order chi connectivity index (χ0) is 14.8. The van der Waals surface area contributed by atoms with Gasteiger partial charge in [0.15, 0.2) is 0 Å². The minimum atomic E-state index is -0.0690. The fourth-order valence-corrected chi connectivity index (χ4v) is 2.51. The Labute approximate surface area is 124 Å². The highest BCUT2D eigenvalue weighted by atomic mass is 32.1. The van der Waals surface area contributed by atoms with E-state index in [1.165, 1.54) is 11.3 Å². The van der Waals surface area contributed by atoms with Gasteiger partial charge in [-0.25, -0.2) is 0 Å². The molecule has 1 heterocycles. The van der Waals surface area contributed by atoms with Crippen LogP contribution >= 0.6 is 11.3 Å². The van der Waals surface area contributed by atoms with E-state index in [9.17, 15) is 4.79 Å². The molecule has 0 atom stereocenters. The molecule has 0 saturated carbocycles. The molecule has 5 heteroatoms. The molecule has 0 aliphatic carbocycles. The fourth-order valence-electron chi connectivity index (χ4n) is 1.74. The Bertz CT molecular complexity index is 470. The van der Waals surface area contributed by atoms with E-state index < -0.39 is 0 Å². The summed E-state index contributed by atoms with van der Waals surface area (Å²) >= 11 is 1.40. The number of carbonyl (C=O) groups excluding carboxylic acids is 1. The van der Waals surface area contributed by atoms with Gasteiger partial charge in [-0.1, -0.05) is 25.7 Å². The minimum Gasteiger partial charge on any atom is -0.395 e. The highest BCUT2D eigenvalue weighted by molar-refractivity contribution is 7.12. The first-order valence-electron chi connectivity index (χ1n) is 6.90. The largest absolute Gasteiger partial charge is 0.395 e. The number of thiophene rings is 1. The Morgan fingerprint density at radius 3 is 2.85 bits per heavy atom. The molecular formula is C15H22N2O2S. The molecule has 2 N–H and O–H groups in total. The third-order valence-corrected chi connectivity index (χ3v) is 3.85. The number of aliphatic hydroxyl groups is 1. The van der Waals surface area contributed by atoms with Crippen molar-refractivity contribution in [2.45, 2.75) is 20.3 Å². The number of nitrogens with one attached hydrogen (secondary N) is 1. The number of amides is 1. The van der Waals surface area contributed by atoms with Gasteiger partial charge in [-0.3, -0.25) is 4.79 Å². The maximum Gasteiger partial charge on any atom is 0.262 e. The van der Waals surface area contributed by atoms with Crippen molar-refractivity contribution in [2.24, 2.45) is 0 Å². The van der Waals surface area contributed by atoms with E-state index in [4.69, 9.17) is 5.11 Å². The number of carbonyl (C=O) groups is 1. The van der Waals surface area contributed by atoms with Gasteiger partial charge in [0.25, 0.3) is 5.91 Å². The summed E-state index contributed by atoms with van der Waals surface area (Å²) < 4.78 is 0. The van der Waals surface area contributed by atoms with Crippen molar-refractivity contribution in [3.63, 3.8) is 0 Å². The van der Waals surface area contributed by atoms with Crippen LogP contribution in [0.25, 0.3) is 0 Å². The summed E-state index contributed by atoms with van der Waals surface area (Å²) in [4.78, 5) is 15.0. The molecule has 1 aromatic rings. The normalized spacial score (nSPS) is 10.2. The number of hydrogen-bond donors (Lipinski definition) is 2. The Morgan fingerprint density at radius 1 is 1.45 bits per heavy atom. The molecule has 0 fully saturated rings. The van der Waals surface area contributed by atoms with Gasteiger partial charge in [0.2, 0.25) is 0 Å². The molecule has 20 heavy (non-hydrogen) atoms. The Kier molecular flexibility index (Phi) is 7.97. The number of hydrogen-bond acceptors (Lipinski definition) is 4. The monoisotopic (exact) mass is 294 g/mol. The fraction of sp³-hybridized carbons (Fsp3) is 0.533. The molecule has 4 nitrogen and oxygen atoms in total. The van der Waals surface area contributed by atoms with Crippen molar-refractivity contribution in [1.29, 1.82) is 0 Å². The summed E-state index contributed by atoms with van der Waals surface area (Å²) in [6, 6.07) is 1.84. The van der Waals surface area contributed by atoms with Crippen LogP contribution in [0.1, 0.15) is 35.5 Å². The third-order valence-electron chi connectivity index (χ3n) is 2.94. The summed E-state index contributed by atoms with van der Waals surface area (Å²) in [5, 5.41) is 13.5. The molecule has 0 aliphatic rings. The Hall–Kier alpha value is -1.35. The van der Waals surface area contributed by atoms with Crippen molar-refractivity contribution >= 4 is 17.2 Å². The van der Waals surface area contributed by atoms with Crippen LogP contribution in [0.5, 0.6) is 0 Å². The first-order valence-corrected chi connectivity index (χ1v) is 7.78. The van der Waals surface area contributed by atoms with Crippen LogP contribution in [0.4, 0.5) is 0 Å². The van der Waals surface area contributed by atoms with Gasteiger partial charge < -0.3 is 15.3 Å². The summed E-state index contributed by atoms with van der Waals surface area (Å²) in [5.41, 5.74) is 0.740. The van der Waals surface area contributed by atoms with Crippen LogP contribution in [0, 0.1) is 11.8 Å². The van der Waals surface area contributed by atoms with Gasteiger partial charge in [-0.2, -0.15) is 0 Å². The lowest BCUT2D eigenvalue weighted by molar-refractivity contribution is 0.0953. The zero-order valence-corrected chi connectivity index (χ0v) is 12.9. The molecule has 0 unspecified atom stereocenters. The van der Waals surface area contributed by atoms with E-state index in [1.807, 2.05) is 11.4 Å². The molecule has 0 bridgehead atoms. The molecular weight excluding hydrogens is 272 g/mol. The average molecular weight is 294 g/mol. The summed E-state index contributed by atoms with van der Waals surface area (Å²) in [6.07, 6.45) is 0.429. The number of aliphatic hydroxyl groups excluding tert-OH is 1. The third kappa shape index (κ3) is 5.33. The van der Waals surface area contributed by atoms with Crippen molar-refractivity contribution in [2.75, 3.05) is 32.8 Å². The zero-order valence-electron chi connectivity index (χ0n) is 12.1. The van der Waals surface area contributed by atoms with Gasteiger partial charge >= 0.3 is 0 Å². The van der Waals surface area contributed by atoms with Crippen molar-refractivity contribution < 1.29 is 9.90 Å². The lowest BCUT2D eigenvalue weighted by atomic mass is 10.2. The topological polar surface area (TPSA) is 52.6 Å². The lowest BCUT2D eigenvalue weighted by Crippen LogP contribution is -2.34. The molecule has 1 rings (SSSR count). The van der Waals surface area contributed by atoms with Crippen LogP contribution < -0.4 is 5.32 Å². The van der Waals surface area contributed by atoms with E-state index in [0.29, 0.717) is 17.8 Å². The molecule has 0 radical (unpaired) electrons. The van der Waals surface area contributed by atoms with Gasteiger partial charge in [0.1, 0.15) is 4.88 Å². The maximum atomic E-state index is 12.1. The van der Waals surface area contributed by atoms with E-state index in [0.717, 1.165) is 25.2 Å². The van der Waals surface area contributed by atoms with Gasteiger partial charge in [-0.05, 0) is 24.5 Å². The van der Waals surface area contributed by atoms with Gasteiger partial charge in [-0.15, -0.1) is 11.3 Å². The van der Waals surface area contributed by atoms with Crippen LogP contribution in [0.2, 0.25) is 0 Å². The molecule has 1 amide bonds. The first kappa shape index (κ1) is 16.7. The molecule has 0 aliphatic heterocycles. The number of likely N-dealkylation sites (N-methyl/N-ethyl adjacent to an activating group) is 1. The highest BCUT2D eigenvalue weighted by Gasteiger charge is 2.11. The quantitative estimate of drug-likeness (QED) is 0.750. The molecule has 1 aromatic heterocycles.